The predicted octanol–water partition coefficient (Wildman–Crippen LogP) is -1.10. The maximum absolute atomic E-state index is 10.9. The van der Waals surface area contributed by atoms with E-state index in [9.17, 15) is 4.79 Å². The number of carbonyl (C=O) groups excluding carboxylic acids is 1. The van der Waals surface area contributed by atoms with Gasteiger partial charge in [0, 0.05) is 26.7 Å². The normalized spacial score (nSPS) is 12.5. The zero-order valence-electron chi connectivity index (χ0n) is 8.98. The van der Waals surface area contributed by atoms with Gasteiger partial charge in [0.15, 0.2) is 6.10 Å². The molecule has 1 atom stereocenters. The fourth-order valence-corrected chi connectivity index (χ4v) is 0.770. The standard InChI is InChI=1S/C9H19NO5/c1-13-5-6-14-3-2-4-15-9(12)8(11)7-10/h8,11H,2-7,10H2,1H3/t8-/m0/s1. The highest BCUT2D eigenvalue weighted by Gasteiger charge is 2.13. The minimum Gasteiger partial charge on any atom is -0.464 e. The molecule has 0 heterocycles. The van der Waals surface area contributed by atoms with Crippen LogP contribution in [0.25, 0.3) is 0 Å². The Morgan fingerprint density at radius 2 is 2.07 bits per heavy atom. The molecule has 0 aliphatic heterocycles. The molecule has 0 unspecified atom stereocenters. The minimum absolute atomic E-state index is 0.122. The van der Waals surface area contributed by atoms with Crippen LogP contribution in [-0.4, -0.2) is 57.3 Å². The fraction of sp³-hybridized carbons (Fsp3) is 0.889. The number of rotatable bonds is 9. The van der Waals surface area contributed by atoms with E-state index >= 15 is 0 Å². The first-order valence-corrected chi connectivity index (χ1v) is 4.83. The predicted molar refractivity (Wildman–Crippen MR) is 53.3 cm³/mol. The van der Waals surface area contributed by atoms with Crippen molar-refractivity contribution in [2.75, 3.05) is 40.1 Å². The molecule has 90 valence electrons. The lowest BCUT2D eigenvalue weighted by Gasteiger charge is -2.08. The number of aliphatic hydroxyl groups excluding tert-OH is 1. The second-order valence-corrected chi connectivity index (χ2v) is 2.88. The summed E-state index contributed by atoms with van der Waals surface area (Å²) in [5.74, 6) is -0.686. The Balaban J connectivity index is 3.20. The fourth-order valence-electron chi connectivity index (χ4n) is 0.770. The van der Waals surface area contributed by atoms with E-state index in [-0.39, 0.29) is 13.2 Å². The van der Waals surface area contributed by atoms with Gasteiger partial charge in [-0.3, -0.25) is 0 Å². The van der Waals surface area contributed by atoms with Gasteiger partial charge < -0.3 is 25.1 Å². The van der Waals surface area contributed by atoms with E-state index < -0.39 is 12.1 Å². The SMILES string of the molecule is COCCOCCCOC(=O)[C@@H](O)CN. The second kappa shape index (κ2) is 9.85. The summed E-state index contributed by atoms with van der Waals surface area (Å²) in [5.41, 5.74) is 5.07. The van der Waals surface area contributed by atoms with Crippen LogP contribution in [0.4, 0.5) is 0 Å². The van der Waals surface area contributed by atoms with Crippen LogP contribution in [-0.2, 0) is 19.0 Å². The molecule has 3 N–H and O–H groups in total. The Kier molecular flexibility index (Phi) is 9.40. The van der Waals surface area contributed by atoms with Gasteiger partial charge in [0.25, 0.3) is 0 Å². The summed E-state index contributed by atoms with van der Waals surface area (Å²) in [4.78, 5) is 10.9. The van der Waals surface area contributed by atoms with E-state index in [1.807, 2.05) is 0 Å². The van der Waals surface area contributed by atoms with Crippen LogP contribution >= 0.6 is 0 Å². The number of hydrogen-bond donors (Lipinski definition) is 2. The molecule has 0 bridgehead atoms. The molecule has 0 aromatic carbocycles. The van der Waals surface area contributed by atoms with E-state index in [1.54, 1.807) is 7.11 Å². The van der Waals surface area contributed by atoms with Crippen LogP contribution in [0, 0.1) is 0 Å². The van der Waals surface area contributed by atoms with E-state index in [0.29, 0.717) is 26.2 Å². The average molecular weight is 221 g/mol. The first-order valence-electron chi connectivity index (χ1n) is 4.83. The van der Waals surface area contributed by atoms with E-state index in [2.05, 4.69) is 0 Å². The Hall–Kier alpha value is -0.690. The van der Waals surface area contributed by atoms with Crippen LogP contribution in [0.1, 0.15) is 6.42 Å². The number of carbonyl (C=O) groups is 1. The highest BCUT2D eigenvalue weighted by molar-refractivity contribution is 5.74. The molecule has 0 aliphatic carbocycles. The number of hydrogen-bond acceptors (Lipinski definition) is 6. The van der Waals surface area contributed by atoms with Gasteiger partial charge in [-0.25, -0.2) is 4.79 Å². The zero-order chi connectivity index (χ0) is 11.5. The van der Waals surface area contributed by atoms with Crippen molar-refractivity contribution >= 4 is 5.97 Å². The maximum Gasteiger partial charge on any atom is 0.336 e. The molecule has 0 aromatic rings. The molecule has 6 heteroatoms. The summed E-state index contributed by atoms with van der Waals surface area (Å²) in [6.45, 7) is 1.67. The lowest BCUT2D eigenvalue weighted by molar-refractivity contribution is -0.153. The van der Waals surface area contributed by atoms with Gasteiger partial charge in [0.1, 0.15) is 0 Å². The largest absolute Gasteiger partial charge is 0.464 e. The summed E-state index contributed by atoms with van der Waals surface area (Å²) in [5, 5.41) is 8.95. The summed E-state index contributed by atoms with van der Waals surface area (Å²) in [6.07, 6.45) is -0.633. The Labute approximate surface area is 89.3 Å². The molecule has 0 aromatic heterocycles. The van der Waals surface area contributed by atoms with E-state index in [1.165, 1.54) is 0 Å². The highest BCUT2D eigenvalue weighted by atomic mass is 16.5. The van der Waals surface area contributed by atoms with E-state index in [4.69, 9.17) is 25.1 Å². The topological polar surface area (TPSA) is 91.0 Å². The minimum atomic E-state index is -1.22. The molecule has 0 spiro atoms. The molecule has 0 radical (unpaired) electrons. The van der Waals surface area contributed by atoms with Gasteiger partial charge in [-0.05, 0) is 0 Å². The summed E-state index contributed by atoms with van der Waals surface area (Å²) in [6, 6.07) is 0. The molecular formula is C9H19NO5. The molecule has 0 saturated heterocycles. The van der Waals surface area contributed by atoms with Gasteiger partial charge in [-0.2, -0.15) is 0 Å². The number of aliphatic hydroxyl groups is 1. The highest BCUT2D eigenvalue weighted by Crippen LogP contribution is 1.90. The smallest absolute Gasteiger partial charge is 0.336 e. The molecular weight excluding hydrogens is 202 g/mol. The van der Waals surface area contributed by atoms with Crippen molar-refractivity contribution in [3.8, 4) is 0 Å². The number of nitrogens with two attached hydrogens (primary N) is 1. The molecule has 0 fully saturated rings. The van der Waals surface area contributed by atoms with Gasteiger partial charge in [-0.1, -0.05) is 0 Å². The van der Waals surface area contributed by atoms with Gasteiger partial charge >= 0.3 is 5.97 Å². The Morgan fingerprint density at radius 3 is 2.67 bits per heavy atom. The van der Waals surface area contributed by atoms with Crippen LogP contribution in [0.15, 0.2) is 0 Å². The number of methoxy groups -OCH3 is 1. The van der Waals surface area contributed by atoms with Crippen molar-refractivity contribution in [2.45, 2.75) is 12.5 Å². The molecule has 0 amide bonds. The zero-order valence-corrected chi connectivity index (χ0v) is 8.98. The van der Waals surface area contributed by atoms with Gasteiger partial charge in [0.05, 0.1) is 19.8 Å². The lowest BCUT2D eigenvalue weighted by Crippen LogP contribution is -2.31. The first kappa shape index (κ1) is 14.3. The maximum atomic E-state index is 10.9. The molecule has 0 saturated carbocycles. The first-order chi connectivity index (χ1) is 7.22. The van der Waals surface area contributed by atoms with Crippen molar-refractivity contribution < 1.29 is 24.1 Å². The summed E-state index contributed by atoms with van der Waals surface area (Å²) in [7, 11) is 1.60. The van der Waals surface area contributed by atoms with Crippen molar-refractivity contribution in [1.82, 2.24) is 0 Å². The monoisotopic (exact) mass is 221 g/mol. The Bertz CT molecular complexity index is 165. The Morgan fingerprint density at radius 1 is 1.33 bits per heavy atom. The summed E-state index contributed by atoms with van der Waals surface area (Å²) < 4.78 is 14.6. The van der Waals surface area contributed by atoms with Gasteiger partial charge in [-0.15, -0.1) is 0 Å². The molecule has 0 rings (SSSR count). The van der Waals surface area contributed by atoms with Crippen molar-refractivity contribution in [3.63, 3.8) is 0 Å². The molecule has 15 heavy (non-hydrogen) atoms. The van der Waals surface area contributed by atoms with Crippen LogP contribution in [0.2, 0.25) is 0 Å². The second-order valence-electron chi connectivity index (χ2n) is 2.88. The molecule has 0 aliphatic rings. The van der Waals surface area contributed by atoms with Crippen LogP contribution in [0.5, 0.6) is 0 Å². The third-order valence-corrected chi connectivity index (χ3v) is 1.60. The number of esters is 1. The van der Waals surface area contributed by atoms with Gasteiger partial charge in [0.2, 0.25) is 0 Å². The third kappa shape index (κ3) is 8.31. The summed E-state index contributed by atoms with van der Waals surface area (Å²) >= 11 is 0. The van der Waals surface area contributed by atoms with Crippen molar-refractivity contribution in [3.05, 3.63) is 0 Å². The molecule has 6 nitrogen and oxygen atoms in total. The average Bonchev–Trinajstić information content (AvgIpc) is 2.26. The van der Waals surface area contributed by atoms with Crippen LogP contribution in [0.3, 0.4) is 0 Å². The third-order valence-electron chi connectivity index (χ3n) is 1.60. The van der Waals surface area contributed by atoms with Crippen LogP contribution < -0.4 is 5.73 Å². The van der Waals surface area contributed by atoms with Crippen molar-refractivity contribution in [2.24, 2.45) is 5.73 Å². The number of ether oxygens (including phenoxy) is 3. The lowest BCUT2D eigenvalue weighted by atomic mass is 10.4. The van der Waals surface area contributed by atoms with Crippen molar-refractivity contribution in [1.29, 1.82) is 0 Å². The van der Waals surface area contributed by atoms with E-state index in [0.717, 1.165) is 0 Å². The quantitative estimate of drug-likeness (QED) is 0.379.